The van der Waals surface area contributed by atoms with Gasteiger partial charge < -0.3 is 5.73 Å². The van der Waals surface area contributed by atoms with Crippen LogP contribution in [-0.2, 0) is 0 Å². The van der Waals surface area contributed by atoms with Gasteiger partial charge in [0, 0.05) is 5.70 Å². The summed E-state index contributed by atoms with van der Waals surface area (Å²) in [4.78, 5) is 0. The van der Waals surface area contributed by atoms with E-state index in [1.165, 1.54) is 6.42 Å². The largest absolute Gasteiger partial charge is 0.402 e. The highest BCUT2D eigenvalue weighted by atomic mass is 14.6. The van der Waals surface area contributed by atoms with E-state index in [1.807, 2.05) is 13.0 Å². The summed E-state index contributed by atoms with van der Waals surface area (Å²) in [5, 5.41) is 0. The van der Waals surface area contributed by atoms with E-state index >= 15 is 0 Å². The number of hydrogen-bond donors (Lipinski definition) is 1. The van der Waals surface area contributed by atoms with Crippen LogP contribution in [0.3, 0.4) is 0 Å². The van der Waals surface area contributed by atoms with Crippen LogP contribution in [-0.4, -0.2) is 0 Å². The first-order valence-electron chi connectivity index (χ1n) is 3.57. The van der Waals surface area contributed by atoms with Gasteiger partial charge in [-0.15, -0.1) is 0 Å². The van der Waals surface area contributed by atoms with Gasteiger partial charge in [0.15, 0.2) is 0 Å². The van der Waals surface area contributed by atoms with Gasteiger partial charge in [-0.3, -0.25) is 0 Å². The van der Waals surface area contributed by atoms with Gasteiger partial charge in [-0.25, -0.2) is 0 Å². The summed E-state index contributed by atoms with van der Waals surface area (Å²) in [5.41, 5.74) is 6.60. The normalized spacial score (nSPS) is 12.7. The summed E-state index contributed by atoms with van der Waals surface area (Å²) in [6.07, 6.45) is 4.23. The van der Waals surface area contributed by atoms with Crippen LogP contribution in [0.1, 0.15) is 33.6 Å². The molecule has 0 atom stereocenters. The number of allylic oxidation sites excluding steroid dienone is 2. The van der Waals surface area contributed by atoms with E-state index in [-0.39, 0.29) is 0 Å². The highest BCUT2D eigenvalue weighted by Gasteiger charge is 1.93. The minimum absolute atomic E-state index is 0.767. The van der Waals surface area contributed by atoms with Crippen molar-refractivity contribution in [3.63, 3.8) is 0 Å². The van der Waals surface area contributed by atoms with Gasteiger partial charge in [0.05, 0.1) is 0 Å². The van der Waals surface area contributed by atoms with E-state index in [0.717, 1.165) is 18.0 Å². The van der Waals surface area contributed by atoms with E-state index in [0.29, 0.717) is 0 Å². The van der Waals surface area contributed by atoms with Crippen molar-refractivity contribution in [1.29, 1.82) is 0 Å². The zero-order valence-electron chi connectivity index (χ0n) is 6.65. The number of rotatable bonds is 3. The Hall–Kier alpha value is -0.460. The molecule has 1 heteroatoms. The van der Waals surface area contributed by atoms with Crippen LogP contribution in [0, 0.1) is 5.92 Å². The molecule has 0 saturated carbocycles. The Balaban J connectivity index is 3.28. The Kier molecular flexibility index (Phi) is 4.20. The van der Waals surface area contributed by atoms with Gasteiger partial charge in [0.1, 0.15) is 0 Å². The average molecular weight is 127 g/mol. The minimum atomic E-state index is 0.767. The third-order valence-electron chi connectivity index (χ3n) is 1.38. The van der Waals surface area contributed by atoms with E-state index in [2.05, 4.69) is 13.8 Å². The summed E-state index contributed by atoms with van der Waals surface area (Å²) in [5.74, 6) is 0.767. The molecule has 0 bridgehead atoms. The lowest BCUT2D eigenvalue weighted by molar-refractivity contribution is 0.582. The fourth-order valence-corrected chi connectivity index (χ4v) is 0.600. The Bertz CT molecular complexity index is 92.7. The Labute approximate surface area is 57.9 Å². The maximum atomic E-state index is 5.58. The van der Waals surface area contributed by atoms with Crippen LogP contribution in [0.25, 0.3) is 0 Å². The lowest BCUT2D eigenvalue weighted by Crippen LogP contribution is -1.98. The smallest absolute Gasteiger partial charge is 0.00372 e. The molecule has 0 heterocycles. The second kappa shape index (κ2) is 4.42. The van der Waals surface area contributed by atoms with Gasteiger partial charge >= 0.3 is 0 Å². The molecule has 1 nitrogen and oxygen atoms in total. The zero-order valence-corrected chi connectivity index (χ0v) is 6.65. The van der Waals surface area contributed by atoms with Crippen LogP contribution in [0.2, 0.25) is 0 Å². The van der Waals surface area contributed by atoms with Gasteiger partial charge in [-0.05, 0) is 25.7 Å². The lowest BCUT2D eigenvalue weighted by atomic mass is 10.1. The lowest BCUT2D eigenvalue weighted by Gasteiger charge is -2.02. The van der Waals surface area contributed by atoms with Gasteiger partial charge in [0.25, 0.3) is 0 Å². The Morgan fingerprint density at radius 3 is 2.44 bits per heavy atom. The van der Waals surface area contributed by atoms with E-state index in [4.69, 9.17) is 5.73 Å². The average Bonchev–Trinajstić information content (AvgIpc) is 1.83. The molecule has 9 heavy (non-hydrogen) atoms. The Morgan fingerprint density at radius 2 is 2.11 bits per heavy atom. The Morgan fingerprint density at radius 1 is 1.56 bits per heavy atom. The first-order valence-corrected chi connectivity index (χ1v) is 3.57. The molecule has 0 aliphatic carbocycles. The van der Waals surface area contributed by atoms with Crippen molar-refractivity contribution in [2.24, 2.45) is 11.7 Å². The summed E-state index contributed by atoms with van der Waals surface area (Å²) < 4.78 is 0. The molecule has 0 fully saturated rings. The molecule has 0 rings (SSSR count). The van der Waals surface area contributed by atoms with Crippen molar-refractivity contribution in [2.45, 2.75) is 33.6 Å². The van der Waals surface area contributed by atoms with Crippen LogP contribution in [0.5, 0.6) is 0 Å². The standard InChI is InChI=1S/C8H17N/c1-4-8(9)6-5-7(2)3/h4,7H,5-6,9H2,1-3H3/b8-4+. The molecule has 0 aliphatic heterocycles. The third-order valence-corrected chi connectivity index (χ3v) is 1.38. The third kappa shape index (κ3) is 5.41. The van der Waals surface area contributed by atoms with Crippen molar-refractivity contribution in [2.75, 3.05) is 0 Å². The van der Waals surface area contributed by atoms with E-state index in [9.17, 15) is 0 Å². The molecule has 0 aromatic rings. The predicted octanol–water partition coefficient (Wildman–Crippen LogP) is 2.29. The van der Waals surface area contributed by atoms with E-state index in [1.54, 1.807) is 0 Å². The predicted molar refractivity (Wildman–Crippen MR) is 42.0 cm³/mol. The summed E-state index contributed by atoms with van der Waals surface area (Å²) in [6, 6.07) is 0. The summed E-state index contributed by atoms with van der Waals surface area (Å²) in [7, 11) is 0. The second-order valence-electron chi connectivity index (χ2n) is 2.80. The van der Waals surface area contributed by atoms with E-state index < -0.39 is 0 Å². The van der Waals surface area contributed by atoms with Gasteiger partial charge in [-0.1, -0.05) is 19.9 Å². The van der Waals surface area contributed by atoms with Crippen molar-refractivity contribution < 1.29 is 0 Å². The monoisotopic (exact) mass is 127 g/mol. The molecule has 54 valence electrons. The molecular weight excluding hydrogens is 110 g/mol. The highest BCUT2D eigenvalue weighted by molar-refractivity contribution is 4.93. The van der Waals surface area contributed by atoms with Crippen molar-refractivity contribution in [3.8, 4) is 0 Å². The molecule has 0 radical (unpaired) electrons. The first kappa shape index (κ1) is 8.54. The second-order valence-corrected chi connectivity index (χ2v) is 2.80. The molecule has 0 aromatic carbocycles. The maximum Gasteiger partial charge on any atom is 0.00372 e. The molecule has 0 unspecified atom stereocenters. The highest BCUT2D eigenvalue weighted by Crippen LogP contribution is 2.06. The molecular formula is C8H17N. The molecule has 0 spiro atoms. The number of hydrogen-bond acceptors (Lipinski definition) is 1. The first-order chi connectivity index (χ1) is 4.16. The van der Waals surface area contributed by atoms with Crippen LogP contribution < -0.4 is 5.73 Å². The van der Waals surface area contributed by atoms with Gasteiger partial charge in [0.2, 0.25) is 0 Å². The molecule has 0 aliphatic rings. The fourth-order valence-electron chi connectivity index (χ4n) is 0.600. The van der Waals surface area contributed by atoms with Crippen molar-refractivity contribution >= 4 is 0 Å². The minimum Gasteiger partial charge on any atom is -0.402 e. The fraction of sp³-hybridized carbons (Fsp3) is 0.750. The van der Waals surface area contributed by atoms with Crippen LogP contribution in [0.4, 0.5) is 0 Å². The van der Waals surface area contributed by atoms with Crippen LogP contribution >= 0.6 is 0 Å². The molecule has 0 aromatic heterocycles. The summed E-state index contributed by atoms with van der Waals surface area (Å²) in [6.45, 7) is 6.40. The van der Waals surface area contributed by atoms with Gasteiger partial charge in [-0.2, -0.15) is 0 Å². The topological polar surface area (TPSA) is 26.0 Å². The van der Waals surface area contributed by atoms with Crippen LogP contribution in [0.15, 0.2) is 11.8 Å². The maximum absolute atomic E-state index is 5.58. The van der Waals surface area contributed by atoms with Crippen molar-refractivity contribution in [1.82, 2.24) is 0 Å². The molecule has 0 saturated heterocycles. The summed E-state index contributed by atoms with van der Waals surface area (Å²) >= 11 is 0. The number of nitrogens with two attached hydrogens (primary N) is 1. The quantitative estimate of drug-likeness (QED) is 0.618. The zero-order chi connectivity index (χ0) is 7.28. The molecule has 0 amide bonds. The molecule has 2 N–H and O–H groups in total. The van der Waals surface area contributed by atoms with Crippen molar-refractivity contribution in [3.05, 3.63) is 11.8 Å². The SMILES string of the molecule is C/C=C(/N)CCC(C)C.